The molecule has 0 aliphatic heterocycles. The second-order valence-electron chi connectivity index (χ2n) is 4.93. The van der Waals surface area contributed by atoms with Gasteiger partial charge in [-0.05, 0) is 27.2 Å². The summed E-state index contributed by atoms with van der Waals surface area (Å²) in [6.45, 7) is 7.30. The smallest absolute Gasteiger partial charge is 0.407 e. The van der Waals surface area contributed by atoms with Crippen molar-refractivity contribution in [2.75, 3.05) is 18.1 Å². The molecule has 0 aromatic rings. The number of amides is 1. The van der Waals surface area contributed by atoms with E-state index in [-0.39, 0.29) is 18.1 Å². The van der Waals surface area contributed by atoms with Gasteiger partial charge < -0.3 is 10.1 Å². The molecule has 6 heteroatoms. The number of nitrogens with one attached hydrogen (secondary N) is 1. The summed E-state index contributed by atoms with van der Waals surface area (Å²) in [5.41, 5.74) is -0.564. The van der Waals surface area contributed by atoms with E-state index in [1.165, 1.54) is 0 Å². The van der Waals surface area contributed by atoms with Crippen LogP contribution in [0.3, 0.4) is 0 Å². The summed E-state index contributed by atoms with van der Waals surface area (Å²) in [7, 11) is -3.05. The van der Waals surface area contributed by atoms with Gasteiger partial charge in [-0.25, -0.2) is 13.2 Å². The standard InChI is InChI=1S/C11H23NO4S/c1-5-6-8-17(14,15)9-7-12-10(13)16-11(2,3)4/h5-9H2,1-4H3,(H,12,13). The largest absolute Gasteiger partial charge is 0.444 e. The van der Waals surface area contributed by atoms with Crippen molar-refractivity contribution in [3.63, 3.8) is 0 Å². The van der Waals surface area contributed by atoms with E-state index < -0.39 is 21.5 Å². The SMILES string of the molecule is CCCCS(=O)(=O)CCNC(=O)OC(C)(C)C. The topological polar surface area (TPSA) is 72.5 Å². The predicted molar refractivity (Wildman–Crippen MR) is 67.8 cm³/mol. The Balaban J connectivity index is 3.88. The predicted octanol–water partition coefficient (Wildman–Crippen LogP) is 1.73. The highest BCUT2D eigenvalue weighted by atomic mass is 32.2. The lowest BCUT2D eigenvalue weighted by atomic mass is 10.2. The van der Waals surface area contributed by atoms with Crippen molar-refractivity contribution in [3.8, 4) is 0 Å². The Bertz CT molecular complexity index is 330. The lowest BCUT2D eigenvalue weighted by Crippen LogP contribution is -2.35. The van der Waals surface area contributed by atoms with Gasteiger partial charge in [0.15, 0.2) is 9.84 Å². The van der Waals surface area contributed by atoms with Gasteiger partial charge in [-0.3, -0.25) is 0 Å². The van der Waals surface area contributed by atoms with Crippen LogP contribution >= 0.6 is 0 Å². The molecule has 1 amide bonds. The van der Waals surface area contributed by atoms with Gasteiger partial charge in [-0.15, -0.1) is 0 Å². The van der Waals surface area contributed by atoms with Crippen molar-refractivity contribution in [1.82, 2.24) is 5.32 Å². The van der Waals surface area contributed by atoms with Gasteiger partial charge in [0.25, 0.3) is 0 Å². The number of ether oxygens (including phenoxy) is 1. The Morgan fingerprint density at radius 3 is 2.29 bits per heavy atom. The molecule has 5 nitrogen and oxygen atoms in total. The van der Waals surface area contributed by atoms with Crippen molar-refractivity contribution in [3.05, 3.63) is 0 Å². The molecule has 0 aromatic heterocycles. The molecule has 0 bridgehead atoms. The molecule has 0 saturated carbocycles. The minimum atomic E-state index is -3.05. The van der Waals surface area contributed by atoms with E-state index in [1.54, 1.807) is 20.8 Å². The number of hydrogen-bond acceptors (Lipinski definition) is 4. The number of hydrogen-bond donors (Lipinski definition) is 1. The van der Waals surface area contributed by atoms with E-state index in [0.717, 1.165) is 6.42 Å². The van der Waals surface area contributed by atoms with Gasteiger partial charge in [0.1, 0.15) is 5.60 Å². The first-order valence-corrected chi connectivity index (χ1v) is 7.66. The summed E-state index contributed by atoms with van der Waals surface area (Å²) >= 11 is 0. The van der Waals surface area contributed by atoms with Gasteiger partial charge in [0.2, 0.25) is 0 Å². The van der Waals surface area contributed by atoms with Gasteiger partial charge in [-0.1, -0.05) is 13.3 Å². The van der Waals surface area contributed by atoms with Crippen LogP contribution in [0, 0.1) is 0 Å². The summed E-state index contributed by atoms with van der Waals surface area (Å²) in [6, 6.07) is 0. The molecule has 0 fully saturated rings. The van der Waals surface area contributed by atoms with Crippen molar-refractivity contribution >= 4 is 15.9 Å². The van der Waals surface area contributed by atoms with Gasteiger partial charge in [0.05, 0.1) is 11.5 Å². The molecule has 0 spiro atoms. The van der Waals surface area contributed by atoms with Crippen LogP contribution in [-0.4, -0.2) is 38.2 Å². The van der Waals surface area contributed by atoms with Crippen molar-refractivity contribution < 1.29 is 17.9 Å². The summed E-state index contributed by atoms with van der Waals surface area (Å²) in [5, 5.41) is 2.43. The van der Waals surface area contributed by atoms with E-state index in [2.05, 4.69) is 5.32 Å². The van der Waals surface area contributed by atoms with Crippen molar-refractivity contribution in [1.29, 1.82) is 0 Å². The van der Waals surface area contributed by atoms with Crippen LogP contribution in [-0.2, 0) is 14.6 Å². The molecule has 0 aliphatic carbocycles. The summed E-state index contributed by atoms with van der Waals surface area (Å²) in [6.07, 6.45) is 0.927. The van der Waals surface area contributed by atoms with Crippen LogP contribution in [0.15, 0.2) is 0 Å². The van der Waals surface area contributed by atoms with Crippen molar-refractivity contribution in [2.45, 2.75) is 46.1 Å². The molecule has 0 heterocycles. The monoisotopic (exact) mass is 265 g/mol. The number of carbonyl (C=O) groups is 1. The molecule has 102 valence electrons. The number of rotatable bonds is 6. The van der Waals surface area contributed by atoms with Crippen LogP contribution in [0.4, 0.5) is 4.79 Å². The summed E-state index contributed by atoms with van der Waals surface area (Å²) in [4.78, 5) is 11.2. The van der Waals surface area contributed by atoms with Crippen LogP contribution in [0.2, 0.25) is 0 Å². The molecule has 1 N–H and O–H groups in total. The van der Waals surface area contributed by atoms with Crippen LogP contribution in [0.25, 0.3) is 0 Å². The Hall–Kier alpha value is -0.780. The molecule has 0 atom stereocenters. The number of unbranched alkanes of at least 4 members (excludes halogenated alkanes) is 1. The zero-order chi connectivity index (χ0) is 13.5. The molecule has 17 heavy (non-hydrogen) atoms. The van der Waals surface area contributed by atoms with Crippen LogP contribution in [0.5, 0.6) is 0 Å². The molecule has 0 aromatic carbocycles. The first-order valence-electron chi connectivity index (χ1n) is 5.83. The van der Waals surface area contributed by atoms with E-state index in [9.17, 15) is 13.2 Å². The first-order chi connectivity index (χ1) is 7.66. The maximum absolute atomic E-state index is 11.5. The zero-order valence-corrected chi connectivity index (χ0v) is 11.9. The van der Waals surface area contributed by atoms with E-state index in [4.69, 9.17) is 4.74 Å². The number of carbonyl (C=O) groups excluding carboxylic acids is 1. The van der Waals surface area contributed by atoms with Crippen molar-refractivity contribution in [2.24, 2.45) is 0 Å². The average Bonchev–Trinajstić information content (AvgIpc) is 2.11. The maximum Gasteiger partial charge on any atom is 0.407 e. The highest BCUT2D eigenvalue weighted by Gasteiger charge is 2.16. The second kappa shape index (κ2) is 6.83. The fraction of sp³-hybridized carbons (Fsp3) is 0.909. The maximum atomic E-state index is 11.5. The highest BCUT2D eigenvalue weighted by Crippen LogP contribution is 2.06. The zero-order valence-electron chi connectivity index (χ0n) is 11.1. The quantitative estimate of drug-likeness (QED) is 0.793. The van der Waals surface area contributed by atoms with E-state index in [0.29, 0.717) is 6.42 Å². The fourth-order valence-corrected chi connectivity index (χ4v) is 2.43. The fourth-order valence-electron chi connectivity index (χ4n) is 1.09. The van der Waals surface area contributed by atoms with Crippen LogP contribution < -0.4 is 5.32 Å². The Kier molecular flexibility index (Phi) is 6.52. The second-order valence-corrected chi connectivity index (χ2v) is 7.24. The lowest BCUT2D eigenvalue weighted by Gasteiger charge is -2.19. The minimum Gasteiger partial charge on any atom is -0.444 e. The van der Waals surface area contributed by atoms with Crippen LogP contribution in [0.1, 0.15) is 40.5 Å². The van der Waals surface area contributed by atoms with Gasteiger partial charge in [0, 0.05) is 6.54 Å². The first kappa shape index (κ1) is 16.2. The molecule has 0 saturated heterocycles. The minimum absolute atomic E-state index is 0.0355. The third-order valence-electron chi connectivity index (χ3n) is 1.89. The Labute approximate surface area is 104 Å². The highest BCUT2D eigenvalue weighted by molar-refractivity contribution is 7.91. The van der Waals surface area contributed by atoms with E-state index in [1.807, 2.05) is 6.92 Å². The molecule has 0 rings (SSSR count). The molecule has 0 unspecified atom stereocenters. The molecule has 0 aliphatic rings. The summed E-state index contributed by atoms with van der Waals surface area (Å²) in [5.74, 6) is 0.145. The average molecular weight is 265 g/mol. The third kappa shape index (κ3) is 10.1. The van der Waals surface area contributed by atoms with Gasteiger partial charge >= 0.3 is 6.09 Å². The number of alkyl carbamates (subject to hydrolysis) is 1. The molecular formula is C11H23NO4S. The Morgan fingerprint density at radius 2 is 1.82 bits per heavy atom. The third-order valence-corrected chi connectivity index (χ3v) is 3.63. The molecule has 0 radical (unpaired) electrons. The number of sulfone groups is 1. The Morgan fingerprint density at radius 1 is 1.24 bits per heavy atom. The van der Waals surface area contributed by atoms with Gasteiger partial charge in [-0.2, -0.15) is 0 Å². The normalized spacial score (nSPS) is 12.2. The summed E-state index contributed by atoms with van der Waals surface area (Å²) < 4.78 is 27.9. The van der Waals surface area contributed by atoms with E-state index >= 15 is 0 Å². The molecular weight excluding hydrogens is 242 g/mol. The lowest BCUT2D eigenvalue weighted by molar-refractivity contribution is 0.0531.